The van der Waals surface area contributed by atoms with Gasteiger partial charge >= 0.3 is 0 Å². The molecule has 0 saturated heterocycles. The highest BCUT2D eigenvalue weighted by molar-refractivity contribution is 14.0. The van der Waals surface area contributed by atoms with Crippen LogP contribution in [0.2, 0.25) is 0 Å². The van der Waals surface area contributed by atoms with Gasteiger partial charge in [0.1, 0.15) is 0 Å². The molecule has 0 aliphatic heterocycles. The highest BCUT2D eigenvalue weighted by atomic mass is 127. The van der Waals surface area contributed by atoms with E-state index in [2.05, 4.69) is 15.6 Å². The Morgan fingerprint density at radius 1 is 1.36 bits per heavy atom. The Morgan fingerprint density at radius 3 is 2.68 bits per heavy atom. The molecule has 0 fully saturated rings. The molecule has 0 bridgehead atoms. The predicted octanol–water partition coefficient (Wildman–Crippen LogP) is 0.653. The fourth-order valence-corrected chi connectivity index (χ4v) is 2.19. The number of rotatable bonds is 7. The van der Waals surface area contributed by atoms with Crippen molar-refractivity contribution in [3.63, 3.8) is 0 Å². The van der Waals surface area contributed by atoms with Crippen molar-refractivity contribution in [2.75, 3.05) is 26.8 Å². The first-order valence-electron chi connectivity index (χ1n) is 6.60. The average molecular weight is 442 g/mol. The van der Waals surface area contributed by atoms with Crippen LogP contribution in [-0.2, 0) is 21.3 Å². The molecule has 0 unspecified atom stereocenters. The fourth-order valence-electron chi connectivity index (χ4n) is 1.60. The van der Waals surface area contributed by atoms with Crippen molar-refractivity contribution in [1.82, 2.24) is 10.6 Å². The summed E-state index contributed by atoms with van der Waals surface area (Å²) in [5.74, 6) is 0.649. The average Bonchev–Trinajstić information content (AvgIpc) is 2.44. The van der Waals surface area contributed by atoms with E-state index in [0.717, 1.165) is 12.1 Å². The molecule has 0 saturated carbocycles. The van der Waals surface area contributed by atoms with Gasteiger partial charge in [0, 0.05) is 20.2 Å². The zero-order valence-corrected chi connectivity index (χ0v) is 15.9. The lowest BCUT2D eigenvalue weighted by Gasteiger charge is -2.10. The Hall–Kier alpha value is -0.910. The van der Waals surface area contributed by atoms with Crippen molar-refractivity contribution in [1.29, 1.82) is 0 Å². The van der Waals surface area contributed by atoms with E-state index in [1.165, 1.54) is 12.1 Å². The summed E-state index contributed by atoms with van der Waals surface area (Å²) in [6, 6.07) is 6.44. The highest BCUT2D eigenvalue weighted by Crippen LogP contribution is 2.10. The lowest BCUT2D eigenvalue weighted by Crippen LogP contribution is -2.38. The number of hydrogen-bond acceptors (Lipinski definition) is 4. The van der Waals surface area contributed by atoms with Gasteiger partial charge in [-0.1, -0.05) is 12.1 Å². The number of hydrogen-bond donors (Lipinski definition) is 3. The summed E-state index contributed by atoms with van der Waals surface area (Å²) in [6.45, 7) is 4.27. The third-order valence-electron chi connectivity index (χ3n) is 2.59. The molecule has 0 aliphatic rings. The van der Waals surface area contributed by atoms with Crippen LogP contribution in [0, 0.1) is 0 Å². The standard InChI is InChI=1S/C13H22N4O3S.HI/c1-3-15-13(16-7-8-20-2)17-10-11-5-4-6-12(9-11)21(14,18)19;/h4-6,9H,3,7-8,10H2,1-2H3,(H2,14,18,19)(H2,15,16,17);1H. The van der Waals surface area contributed by atoms with Crippen LogP contribution in [0.4, 0.5) is 0 Å². The van der Waals surface area contributed by atoms with Crippen molar-refractivity contribution in [3.8, 4) is 0 Å². The van der Waals surface area contributed by atoms with E-state index in [9.17, 15) is 8.42 Å². The van der Waals surface area contributed by atoms with Gasteiger partial charge in [-0.25, -0.2) is 18.5 Å². The van der Waals surface area contributed by atoms with Gasteiger partial charge in [0.15, 0.2) is 5.96 Å². The largest absolute Gasteiger partial charge is 0.383 e. The van der Waals surface area contributed by atoms with E-state index in [4.69, 9.17) is 9.88 Å². The number of nitrogens with two attached hydrogens (primary N) is 1. The summed E-state index contributed by atoms with van der Waals surface area (Å²) in [4.78, 5) is 4.47. The van der Waals surface area contributed by atoms with Gasteiger partial charge < -0.3 is 15.4 Å². The quantitative estimate of drug-likeness (QED) is 0.249. The number of nitrogens with one attached hydrogen (secondary N) is 2. The Bertz CT molecular complexity index is 578. The number of ether oxygens (including phenoxy) is 1. The van der Waals surface area contributed by atoms with Gasteiger partial charge in [-0.15, -0.1) is 24.0 Å². The normalized spacial score (nSPS) is 11.7. The van der Waals surface area contributed by atoms with Gasteiger partial charge in [0.2, 0.25) is 10.0 Å². The van der Waals surface area contributed by atoms with Gasteiger partial charge in [-0.2, -0.15) is 0 Å². The molecule has 22 heavy (non-hydrogen) atoms. The Balaban J connectivity index is 0.00000441. The highest BCUT2D eigenvalue weighted by Gasteiger charge is 2.07. The molecule has 0 aliphatic carbocycles. The van der Waals surface area contributed by atoms with E-state index < -0.39 is 10.0 Å². The van der Waals surface area contributed by atoms with Crippen LogP contribution in [0.15, 0.2) is 34.2 Å². The van der Waals surface area contributed by atoms with Crippen LogP contribution in [-0.4, -0.2) is 41.2 Å². The van der Waals surface area contributed by atoms with Crippen molar-refractivity contribution in [2.45, 2.75) is 18.4 Å². The molecule has 0 spiro atoms. The molecule has 1 aromatic rings. The summed E-state index contributed by atoms with van der Waals surface area (Å²) in [7, 11) is -2.06. The van der Waals surface area contributed by atoms with E-state index in [1.54, 1.807) is 19.2 Å². The number of guanidine groups is 1. The third-order valence-corrected chi connectivity index (χ3v) is 3.50. The first-order valence-corrected chi connectivity index (χ1v) is 8.15. The number of sulfonamides is 1. The number of nitrogens with zero attached hydrogens (tertiary/aromatic N) is 1. The van der Waals surface area contributed by atoms with Crippen LogP contribution in [0.5, 0.6) is 0 Å². The topological polar surface area (TPSA) is 106 Å². The maximum atomic E-state index is 11.3. The monoisotopic (exact) mass is 442 g/mol. The predicted molar refractivity (Wildman–Crippen MR) is 97.9 cm³/mol. The minimum atomic E-state index is -3.69. The maximum absolute atomic E-state index is 11.3. The molecule has 9 heteroatoms. The molecule has 7 nitrogen and oxygen atoms in total. The first kappa shape index (κ1) is 21.1. The van der Waals surface area contributed by atoms with Crippen molar-refractivity contribution in [3.05, 3.63) is 29.8 Å². The van der Waals surface area contributed by atoms with E-state index in [-0.39, 0.29) is 28.9 Å². The number of benzene rings is 1. The lowest BCUT2D eigenvalue weighted by atomic mass is 10.2. The lowest BCUT2D eigenvalue weighted by molar-refractivity contribution is 0.203. The molecule has 0 amide bonds. The van der Waals surface area contributed by atoms with Gasteiger partial charge in [0.25, 0.3) is 0 Å². The summed E-state index contributed by atoms with van der Waals surface area (Å²) in [5.41, 5.74) is 0.769. The minimum Gasteiger partial charge on any atom is -0.383 e. The molecule has 0 aromatic heterocycles. The maximum Gasteiger partial charge on any atom is 0.238 e. The Morgan fingerprint density at radius 2 is 2.09 bits per heavy atom. The number of primary sulfonamides is 1. The summed E-state index contributed by atoms with van der Waals surface area (Å²) < 4.78 is 27.6. The fraction of sp³-hybridized carbons (Fsp3) is 0.462. The molecule has 126 valence electrons. The smallest absolute Gasteiger partial charge is 0.238 e. The van der Waals surface area contributed by atoms with E-state index in [0.29, 0.717) is 25.7 Å². The SMILES string of the molecule is CCNC(=NCc1cccc(S(N)(=O)=O)c1)NCCOC.I. The second kappa shape index (κ2) is 10.8. The van der Waals surface area contributed by atoms with Crippen LogP contribution in [0.3, 0.4) is 0 Å². The molecule has 1 aromatic carbocycles. The number of methoxy groups -OCH3 is 1. The molecular weight excluding hydrogens is 419 g/mol. The molecule has 0 atom stereocenters. The summed E-state index contributed by atoms with van der Waals surface area (Å²) in [6.07, 6.45) is 0. The van der Waals surface area contributed by atoms with Crippen LogP contribution in [0.25, 0.3) is 0 Å². The second-order valence-corrected chi connectivity index (χ2v) is 5.87. The number of halogens is 1. The molecule has 1 rings (SSSR count). The van der Waals surface area contributed by atoms with Crippen molar-refractivity contribution >= 4 is 40.0 Å². The van der Waals surface area contributed by atoms with E-state index in [1.807, 2.05) is 6.92 Å². The van der Waals surface area contributed by atoms with Crippen LogP contribution in [0.1, 0.15) is 12.5 Å². The Labute approximate surface area is 148 Å². The van der Waals surface area contributed by atoms with Gasteiger partial charge in [-0.05, 0) is 24.6 Å². The van der Waals surface area contributed by atoms with Crippen LogP contribution >= 0.6 is 24.0 Å². The summed E-state index contributed by atoms with van der Waals surface area (Å²) in [5, 5.41) is 11.3. The van der Waals surface area contributed by atoms with E-state index >= 15 is 0 Å². The molecule has 4 N–H and O–H groups in total. The number of aliphatic imine (C=N–C) groups is 1. The third kappa shape index (κ3) is 7.92. The molecular formula is C13H23IN4O3S. The Kier molecular flexibility index (Phi) is 10.3. The van der Waals surface area contributed by atoms with Crippen molar-refractivity contribution in [2.24, 2.45) is 10.1 Å². The minimum absolute atomic E-state index is 0. The van der Waals surface area contributed by atoms with Crippen molar-refractivity contribution < 1.29 is 13.2 Å². The first-order chi connectivity index (χ1) is 9.97. The zero-order chi connectivity index (χ0) is 15.7. The van der Waals surface area contributed by atoms with Gasteiger partial charge in [-0.3, -0.25) is 0 Å². The summed E-state index contributed by atoms with van der Waals surface area (Å²) >= 11 is 0. The molecule has 0 radical (unpaired) electrons. The van der Waals surface area contributed by atoms with Gasteiger partial charge in [0.05, 0.1) is 18.0 Å². The van der Waals surface area contributed by atoms with Crippen LogP contribution < -0.4 is 15.8 Å². The second-order valence-electron chi connectivity index (χ2n) is 4.31. The zero-order valence-electron chi connectivity index (χ0n) is 12.7. The molecule has 0 heterocycles.